The number of nitro groups is 1. The van der Waals surface area contributed by atoms with E-state index in [1.807, 2.05) is 25.1 Å². The van der Waals surface area contributed by atoms with Crippen LogP contribution in [0.15, 0.2) is 24.3 Å². The number of nitrogens with zero attached hydrogens (tertiary/aromatic N) is 1. The van der Waals surface area contributed by atoms with Crippen molar-refractivity contribution in [3.63, 3.8) is 0 Å². The molecule has 0 aliphatic heterocycles. The summed E-state index contributed by atoms with van der Waals surface area (Å²) in [6.07, 6.45) is 3.68. The molecule has 0 bridgehead atoms. The van der Waals surface area contributed by atoms with Gasteiger partial charge in [0.15, 0.2) is 0 Å². The number of hydrogen-bond donors (Lipinski definition) is 1. The van der Waals surface area contributed by atoms with Crippen LogP contribution in [0.25, 0.3) is 6.08 Å². The van der Waals surface area contributed by atoms with Crippen molar-refractivity contribution in [2.75, 3.05) is 5.75 Å². The molecule has 0 amide bonds. The van der Waals surface area contributed by atoms with E-state index in [0.717, 1.165) is 11.1 Å². The third-order valence-electron chi connectivity index (χ3n) is 1.71. The predicted octanol–water partition coefficient (Wildman–Crippen LogP) is 2.85. The van der Waals surface area contributed by atoms with Crippen LogP contribution in [0.4, 0.5) is 5.69 Å². The Hall–Kier alpha value is -1.29. The van der Waals surface area contributed by atoms with Crippen LogP contribution in [-0.4, -0.2) is 10.7 Å². The second kappa shape index (κ2) is 4.81. The highest BCUT2D eigenvalue weighted by molar-refractivity contribution is 7.80. The van der Waals surface area contributed by atoms with E-state index in [1.165, 1.54) is 0 Å². The SMILES string of the molecule is Cc1cc(C=CCS)cc([N+](=O)[O-])c1. The lowest BCUT2D eigenvalue weighted by Crippen LogP contribution is -1.89. The molecule has 0 unspecified atom stereocenters. The van der Waals surface area contributed by atoms with Gasteiger partial charge in [0.1, 0.15) is 0 Å². The number of non-ortho nitro benzene ring substituents is 1. The van der Waals surface area contributed by atoms with Crippen LogP contribution >= 0.6 is 12.6 Å². The molecular weight excluding hydrogens is 198 g/mol. The van der Waals surface area contributed by atoms with Crippen LogP contribution in [0.3, 0.4) is 0 Å². The van der Waals surface area contributed by atoms with E-state index in [9.17, 15) is 10.1 Å². The van der Waals surface area contributed by atoms with Crippen molar-refractivity contribution in [3.8, 4) is 0 Å². The van der Waals surface area contributed by atoms with Crippen LogP contribution in [0, 0.1) is 17.0 Å². The maximum absolute atomic E-state index is 10.5. The van der Waals surface area contributed by atoms with Crippen molar-refractivity contribution in [3.05, 3.63) is 45.5 Å². The molecule has 0 N–H and O–H groups in total. The first-order valence-corrected chi connectivity index (χ1v) is 4.80. The summed E-state index contributed by atoms with van der Waals surface area (Å²) in [5.41, 5.74) is 1.85. The molecule has 0 saturated heterocycles. The minimum Gasteiger partial charge on any atom is -0.258 e. The summed E-state index contributed by atoms with van der Waals surface area (Å²) in [7, 11) is 0. The predicted molar refractivity (Wildman–Crippen MR) is 60.7 cm³/mol. The van der Waals surface area contributed by atoms with Gasteiger partial charge in [-0.15, -0.1) is 0 Å². The molecule has 4 heteroatoms. The van der Waals surface area contributed by atoms with Crippen LogP contribution in [-0.2, 0) is 0 Å². The van der Waals surface area contributed by atoms with Gasteiger partial charge in [0.05, 0.1) is 4.92 Å². The topological polar surface area (TPSA) is 43.1 Å². The molecule has 1 rings (SSSR count). The lowest BCUT2D eigenvalue weighted by molar-refractivity contribution is -0.384. The van der Waals surface area contributed by atoms with Crippen molar-refractivity contribution in [2.45, 2.75) is 6.92 Å². The Morgan fingerprint density at radius 3 is 2.79 bits per heavy atom. The number of hydrogen-bond acceptors (Lipinski definition) is 3. The molecule has 0 aliphatic carbocycles. The zero-order valence-electron chi connectivity index (χ0n) is 7.80. The first kappa shape index (κ1) is 10.8. The van der Waals surface area contributed by atoms with E-state index in [1.54, 1.807) is 12.1 Å². The standard InChI is InChI=1S/C10H11NO2S/c1-8-5-9(3-2-4-14)7-10(6-8)11(12)13/h2-3,5-7,14H,4H2,1H3. The van der Waals surface area contributed by atoms with Gasteiger partial charge in [-0.2, -0.15) is 12.6 Å². The minimum atomic E-state index is -0.384. The summed E-state index contributed by atoms with van der Waals surface area (Å²) in [5.74, 6) is 0.627. The highest BCUT2D eigenvalue weighted by atomic mass is 32.1. The van der Waals surface area contributed by atoms with Gasteiger partial charge in [0.25, 0.3) is 5.69 Å². The molecule has 0 aromatic heterocycles. The number of aryl methyl sites for hydroxylation is 1. The van der Waals surface area contributed by atoms with Crippen LogP contribution in [0.5, 0.6) is 0 Å². The van der Waals surface area contributed by atoms with Crippen LogP contribution in [0.1, 0.15) is 11.1 Å². The van der Waals surface area contributed by atoms with Gasteiger partial charge in [-0.25, -0.2) is 0 Å². The lowest BCUT2D eigenvalue weighted by atomic mass is 10.1. The van der Waals surface area contributed by atoms with Gasteiger partial charge in [-0.3, -0.25) is 10.1 Å². The molecule has 1 aromatic carbocycles. The summed E-state index contributed by atoms with van der Waals surface area (Å²) < 4.78 is 0. The number of benzene rings is 1. The molecule has 0 aliphatic rings. The molecule has 74 valence electrons. The molecule has 3 nitrogen and oxygen atoms in total. The fraction of sp³-hybridized carbons (Fsp3) is 0.200. The van der Waals surface area contributed by atoms with Gasteiger partial charge in [-0.1, -0.05) is 18.2 Å². The second-order valence-electron chi connectivity index (χ2n) is 2.94. The van der Waals surface area contributed by atoms with E-state index >= 15 is 0 Å². The maximum Gasteiger partial charge on any atom is 0.270 e. The number of nitro benzene ring substituents is 1. The largest absolute Gasteiger partial charge is 0.270 e. The monoisotopic (exact) mass is 209 g/mol. The fourth-order valence-electron chi connectivity index (χ4n) is 1.18. The molecule has 0 spiro atoms. The van der Waals surface area contributed by atoms with E-state index < -0.39 is 0 Å². The van der Waals surface area contributed by atoms with Gasteiger partial charge in [0.2, 0.25) is 0 Å². The third kappa shape index (κ3) is 2.88. The highest BCUT2D eigenvalue weighted by Crippen LogP contribution is 2.17. The van der Waals surface area contributed by atoms with E-state index in [0.29, 0.717) is 5.75 Å². The van der Waals surface area contributed by atoms with Crippen molar-refractivity contribution in [1.82, 2.24) is 0 Å². The number of rotatable bonds is 3. The quantitative estimate of drug-likeness (QED) is 0.472. The van der Waals surface area contributed by atoms with Crippen LogP contribution in [0.2, 0.25) is 0 Å². The van der Waals surface area contributed by atoms with Gasteiger partial charge in [-0.05, 0) is 18.1 Å². The van der Waals surface area contributed by atoms with Crippen LogP contribution < -0.4 is 0 Å². The summed E-state index contributed by atoms with van der Waals surface area (Å²) in [6.45, 7) is 1.84. The summed E-state index contributed by atoms with van der Waals surface area (Å²) >= 11 is 4.02. The fourth-order valence-corrected chi connectivity index (χ4v) is 1.29. The average Bonchev–Trinajstić information content (AvgIpc) is 2.14. The Kier molecular flexibility index (Phi) is 3.71. The van der Waals surface area contributed by atoms with Crippen molar-refractivity contribution < 1.29 is 4.92 Å². The normalized spacial score (nSPS) is 10.7. The second-order valence-corrected chi connectivity index (χ2v) is 3.31. The molecule has 0 radical (unpaired) electrons. The van der Waals surface area contributed by atoms with E-state index in [-0.39, 0.29) is 10.6 Å². The molecule has 0 fully saturated rings. The zero-order valence-corrected chi connectivity index (χ0v) is 8.70. The minimum absolute atomic E-state index is 0.129. The lowest BCUT2D eigenvalue weighted by Gasteiger charge is -1.97. The summed E-state index contributed by atoms with van der Waals surface area (Å²) in [5, 5.41) is 10.5. The van der Waals surface area contributed by atoms with Crippen molar-refractivity contribution >= 4 is 24.4 Å². The Bertz CT molecular complexity index is 374. The Labute approximate surface area is 88.0 Å². The Morgan fingerprint density at radius 1 is 1.50 bits per heavy atom. The van der Waals surface area contributed by atoms with Gasteiger partial charge >= 0.3 is 0 Å². The van der Waals surface area contributed by atoms with Gasteiger partial charge < -0.3 is 0 Å². The summed E-state index contributed by atoms with van der Waals surface area (Å²) in [6, 6.07) is 5.00. The summed E-state index contributed by atoms with van der Waals surface area (Å²) in [4.78, 5) is 10.2. The number of thiol groups is 1. The third-order valence-corrected chi connectivity index (χ3v) is 1.92. The maximum atomic E-state index is 10.5. The molecule has 1 aromatic rings. The van der Waals surface area contributed by atoms with Gasteiger partial charge in [0, 0.05) is 17.9 Å². The highest BCUT2D eigenvalue weighted by Gasteiger charge is 2.05. The average molecular weight is 209 g/mol. The molecule has 14 heavy (non-hydrogen) atoms. The molecule has 0 saturated carbocycles. The van der Waals surface area contributed by atoms with E-state index in [2.05, 4.69) is 12.6 Å². The zero-order chi connectivity index (χ0) is 10.6. The first-order valence-electron chi connectivity index (χ1n) is 4.17. The van der Waals surface area contributed by atoms with Crippen molar-refractivity contribution in [1.29, 1.82) is 0 Å². The Balaban J connectivity index is 3.07. The smallest absolute Gasteiger partial charge is 0.258 e. The Morgan fingerprint density at radius 2 is 2.21 bits per heavy atom. The first-order chi connectivity index (χ1) is 6.63. The molecule has 0 heterocycles. The molecule has 0 atom stereocenters. The molecular formula is C10H11NO2S. The van der Waals surface area contributed by atoms with Crippen molar-refractivity contribution in [2.24, 2.45) is 0 Å². The van der Waals surface area contributed by atoms with E-state index in [4.69, 9.17) is 0 Å².